The molecule has 0 aliphatic rings. The van der Waals surface area contributed by atoms with Crippen molar-refractivity contribution in [1.29, 1.82) is 0 Å². The Morgan fingerprint density at radius 1 is 0.808 bits per heavy atom. The van der Waals surface area contributed by atoms with Crippen LogP contribution in [-0.4, -0.2) is 30.1 Å². The molecule has 0 aromatic heterocycles. The summed E-state index contributed by atoms with van der Waals surface area (Å²) in [5.41, 5.74) is 12.6. The summed E-state index contributed by atoms with van der Waals surface area (Å²) in [7, 11) is 0. The van der Waals surface area contributed by atoms with Crippen LogP contribution in [0, 0.1) is 0 Å². The van der Waals surface area contributed by atoms with Crippen LogP contribution in [0.5, 0.6) is 17.2 Å². The maximum Gasteiger partial charge on any atom is 0.129 e. The first-order chi connectivity index (χ1) is 12.4. The standard InChI is InChI=1S/C21H31N3O2/c1-15(2)24(16(3)4)12-5-13-25-17-6-8-18(9-7-17)26-19-10-11-20(22)21(23)14-19/h6-11,14-16H,5,12-13,22-23H2,1-4H3. The number of nitrogens with two attached hydrogens (primary N) is 2. The lowest BCUT2D eigenvalue weighted by Gasteiger charge is -2.30. The number of benzene rings is 2. The van der Waals surface area contributed by atoms with Crippen molar-refractivity contribution in [2.75, 3.05) is 24.6 Å². The summed E-state index contributed by atoms with van der Waals surface area (Å²) >= 11 is 0. The third-order valence-electron chi connectivity index (χ3n) is 4.27. The van der Waals surface area contributed by atoms with Gasteiger partial charge in [0.25, 0.3) is 0 Å². The van der Waals surface area contributed by atoms with Gasteiger partial charge in [0.15, 0.2) is 0 Å². The zero-order valence-corrected chi connectivity index (χ0v) is 16.2. The number of anilines is 2. The van der Waals surface area contributed by atoms with Gasteiger partial charge in [0, 0.05) is 24.7 Å². The van der Waals surface area contributed by atoms with E-state index in [1.165, 1.54) is 0 Å². The molecule has 0 atom stereocenters. The van der Waals surface area contributed by atoms with E-state index >= 15 is 0 Å². The molecule has 0 radical (unpaired) electrons. The molecule has 0 saturated carbocycles. The molecule has 0 aliphatic heterocycles. The Labute approximate surface area is 156 Å². The van der Waals surface area contributed by atoms with Gasteiger partial charge >= 0.3 is 0 Å². The minimum atomic E-state index is 0.513. The Bertz CT molecular complexity index is 676. The second kappa shape index (κ2) is 9.34. The van der Waals surface area contributed by atoms with Crippen LogP contribution in [0.15, 0.2) is 42.5 Å². The Morgan fingerprint density at radius 3 is 1.96 bits per heavy atom. The smallest absolute Gasteiger partial charge is 0.129 e. The second-order valence-corrected chi connectivity index (χ2v) is 6.99. The summed E-state index contributed by atoms with van der Waals surface area (Å²) in [5, 5.41) is 0. The third kappa shape index (κ3) is 5.85. The number of nitrogens with zero attached hydrogens (tertiary/aromatic N) is 1. The SMILES string of the molecule is CC(C)N(CCCOc1ccc(Oc2ccc(N)c(N)c2)cc1)C(C)C. The van der Waals surface area contributed by atoms with Crippen LogP contribution in [0.25, 0.3) is 0 Å². The van der Waals surface area contributed by atoms with E-state index in [0.717, 1.165) is 24.5 Å². The van der Waals surface area contributed by atoms with Crippen LogP contribution < -0.4 is 20.9 Å². The van der Waals surface area contributed by atoms with Gasteiger partial charge in [0.1, 0.15) is 17.2 Å². The van der Waals surface area contributed by atoms with Crippen LogP contribution in [0.4, 0.5) is 11.4 Å². The number of nitrogen functional groups attached to an aromatic ring is 2. The van der Waals surface area contributed by atoms with Gasteiger partial charge in [-0.1, -0.05) is 0 Å². The minimum absolute atomic E-state index is 0.513. The molecule has 26 heavy (non-hydrogen) atoms. The average molecular weight is 357 g/mol. The molecule has 5 nitrogen and oxygen atoms in total. The van der Waals surface area contributed by atoms with Crippen molar-refractivity contribution >= 4 is 11.4 Å². The summed E-state index contributed by atoms with van der Waals surface area (Å²) in [5.74, 6) is 2.23. The maximum absolute atomic E-state index is 5.84. The predicted molar refractivity (Wildman–Crippen MR) is 109 cm³/mol. The number of ether oxygens (including phenoxy) is 2. The zero-order chi connectivity index (χ0) is 19.1. The van der Waals surface area contributed by atoms with Gasteiger partial charge in [-0.3, -0.25) is 4.90 Å². The van der Waals surface area contributed by atoms with Crippen molar-refractivity contribution in [3.8, 4) is 17.2 Å². The maximum atomic E-state index is 5.84. The van der Waals surface area contributed by atoms with Gasteiger partial charge in [-0.25, -0.2) is 0 Å². The Hall–Kier alpha value is -2.40. The van der Waals surface area contributed by atoms with E-state index in [9.17, 15) is 0 Å². The fraction of sp³-hybridized carbons (Fsp3) is 0.429. The van der Waals surface area contributed by atoms with Crippen molar-refractivity contribution in [2.24, 2.45) is 0 Å². The third-order valence-corrected chi connectivity index (χ3v) is 4.27. The molecule has 5 heteroatoms. The summed E-state index contributed by atoms with van der Waals surface area (Å²) in [4.78, 5) is 2.47. The zero-order valence-electron chi connectivity index (χ0n) is 16.2. The molecule has 0 bridgehead atoms. The molecule has 0 aliphatic carbocycles. The average Bonchev–Trinajstić information content (AvgIpc) is 2.59. The lowest BCUT2D eigenvalue weighted by atomic mass is 10.2. The van der Waals surface area contributed by atoms with E-state index in [1.54, 1.807) is 18.2 Å². The molecule has 0 spiro atoms. The second-order valence-electron chi connectivity index (χ2n) is 6.99. The highest BCUT2D eigenvalue weighted by Crippen LogP contribution is 2.27. The van der Waals surface area contributed by atoms with Gasteiger partial charge in [0.05, 0.1) is 18.0 Å². The lowest BCUT2D eigenvalue weighted by Crippen LogP contribution is -2.38. The summed E-state index contributed by atoms with van der Waals surface area (Å²) in [6, 6.07) is 14.0. The molecular formula is C21H31N3O2. The molecule has 2 aromatic rings. The van der Waals surface area contributed by atoms with Crippen molar-refractivity contribution in [3.63, 3.8) is 0 Å². The molecule has 0 saturated heterocycles. The topological polar surface area (TPSA) is 73.7 Å². The highest BCUT2D eigenvalue weighted by molar-refractivity contribution is 5.65. The quantitative estimate of drug-likeness (QED) is 0.509. The van der Waals surface area contributed by atoms with E-state index in [4.69, 9.17) is 20.9 Å². The first-order valence-corrected chi connectivity index (χ1v) is 9.18. The van der Waals surface area contributed by atoms with E-state index in [2.05, 4.69) is 32.6 Å². The van der Waals surface area contributed by atoms with Gasteiger partial charge in [-0.15, -0.1) is 0 Å². The Kier molecular flexibility index (Phi) is 7.16. The van der Waals surface area contributed by atoms with Gasteiger partial charge in [-0.05, 0) is 70.5 Å². The van der Waals surface area contributed by atoms with E-state index in [1.807, 2.05) is 24.3 Å². The fourth-order valence-corrected chi connectivity index (χ4v) is 2.91. The summed E-state index contributed by atoms with van der Waals surface area (Å²) < 4.78 is 11.6. The summed E-state index contributed by atoms with van der Waals surface area (Å²) in [6.45, 7) is 10.7. The number of hydrogen-bond donors (Lipinski definition) is 2. The van der Waals surface area contributed by atoms with Gasteiger partial charge in [0.2, 0.25) is 0 Å². The number of hydrogen-bond acceptors (Lipinski definition) is 5. The van der Waals surface area contributed by atoms with E-state index in [-0.39, 0.29) is 0 Å². The van der Waals surface area contributed by atoms with Gasteiger partial charge in [-0.2, -0.15) is 0 Å². The van der Waals surface area contributed by atoms with Crippen LogP contribution >= 0.6 is 0 Å². The monoisotopic (exact) mass is 357 g/mol. The van der Waals surface area contributed by atoms with E-state index in [0.29, 0.717) is 35.8 Å². The molecule has 0 heterocycles. The first kappa shape index (κ1) is 19.9. The molecule has 0 unspecified atom stereocenters. The molecule has 2 rings (SSSR count). The first-order valence-electron chi connectivity index (χ1n) is 9.18. The molecule has 142 valence electrons. The largest absolute Gasteiger partial charge is 0.494 e. The molecule has 0 amide bonds. The Morgan fingerprint density at radius 2 is 1.38 bits per heavy atom. The molecule has 4 N–H and O–H groups in total. The van der Waals surface area contributed by atoms with Crippen LogP contribution in [0.1, 0.15) is 34.1 Å². The predicted octanol–water partition coefficient (Wildman–Crippen LogP) is 4.53. The summed E-state index contributed by atoms with van der Waals surface area (Å²) in [6.07, 6.45) is 0.999. The fourth-order valence-electron chi connectivity index (χ4n) is 2.91. The highest BCUT2D eigenvalue weighted by Gasteiger charge is 2.12. The number of rotatable bonds is 9. The van der Waals surface area contributed by atoms with Crippen molar-refractivity contribution in [1.82, 2.24) is 4.90 Å². The van der Waals surface area contributed by atoms with Crippen molar-refractivity contribution in [3.05, 3.63) is 42.5 Å². The van der Waals surface area contributed by atoms with Crippen molar-refractivity contribution in [2.45, 2.75) is 46.2 Å². The minimum Gasteiger partial charge on any atom is -0.494 e. The Balaban J connectivity index is 1.81. The normalized spacial score (nSPS) is 11.3. The highest BCUT2D eigenvalue weighted by atomic mass is 16.5. The molecule has 0 fully saturated rings. The molecular weight excluding hydrogens is 326 g/mol. The van der Waals surface area contributed by atoms with Crippen LogP contribution in [0.2, 0.25) is 0 Å². The van der Waals surface area contributed by atoms with Crippen molar-refractivity contribution < 1.29 is 9.47 Å². The van der Waals surface area contributed by atoms with E-state index < -0.39 is 0 Å². The molecule has 2 aromatic carbocycles. The van der Waals surface area contributed by atoms with Gasteiger partial charge < -0.3 is 20.9 Å². The van der Waals surface area contributed by atoms with Crippen LogP contribution in [0.3, 0.4) is 0 Å². The lowest BCUT2D eigenvalue weighted by molar-refractivity contribution is 0.160. The van der Waals surface area contributed by atoms with Crippen LogP contribution in [-0.2, 0) is 0 Å².